The van der Waals surface area contributed by atoms with E-state index in [-0.39, 0.29) is 17.9 Å². The van der Waals surface area contributed by atoms with E-state index in [0.29, 0.717) is 5.92 Å². The summed E-state index contributed by atoms with van der Waals surface area (Å²) in [5.41, 5.74) is -0.380. The number of aliphatic carboxylic acids is 1. The summed E-state index contributed by atoms with van der Waals surface area (Å²) in [7, 11) is 0. The van der Waals surface area contributed by atoms with E-state index in [1.54, 1.807) is 6.92 Å². The second-order valence-electron chi connectivity index (χ2n) is 5.65. The fraction of sp³-hybridized carbons (Fsp3) is 0.846. The lowest BCUT2D eigenvalue weighted by molar-refractivity contribution is -0.141. The molecule has 1 aliphatic carbocycles. The smallest absolute Gasteiger partial charge is 0.308 e. The quantitative estimate of drug-likeness (QED) is 0.774. The Labute approximate surface area is 103 Å². The van der Waals surface area contributed by atoms with Gasteiger partial charge < -0.3 is 10.4 Å². The Bertz CT molecular complexity index is 293. The van der Waals surface area contributed by atoms with Crippen molar-refractivity contribution in [1.29, 1.82) is 0 Å². The first-order valence-electron chi connectivity index (χ1n) is 6.36. The molecule has 1 atom stereocenters. The van der Waals surface area contributed by atoms with Gasteiger partial charge in [0.15, 0.2) is 0 Å². The summed E-state index contributed by atoms with van der Waals surface area (Å²) >= 11 is 0. The van der Waals surface area contributed by atoms with E-state index >= 15 is 0 Å². The SMILES string of the molecule is CC(CNC(=O)C(C)(C)C1CCCC1)C(=O)O. The summed E-state index contributed by atoms with van der Waals surface area (Å²) in [6, 6.07) is 0. The Hall–Kier alpha value is -1.06. The molecule has 98 valence electrons. The van der Waals surface area contributed by atoms with Gasteiger partial charge in [-0.25, -0.2) is 0 Å². The third-order valence-corrected chi connectivity index (χ3v) is 3.95. The Balaban J connectivity index is 2.48. The van der Waals surface area contributed by atoms with Gasteiger partial charge in [0.2, 0.25) is 5.91 Å². The maximum absolute atomic E-state index is 12.1. The maximum atomic E-state index is 12.1. The lowest BCUT2D eigenvalue weighted by Crippen LogP contribution is -2.43. The molecule has 0 aromatic rings. The zero-order valence-electron chi connectivity index (χ0n) is 11.0. The van der Waals surface area contributed by atoms with Crippen LogP contribution in [0.2, 0.25) is 0 Å². The Morgan fingerprint density at radius 1 is 1.35 bits per heavy atom. The van der Waals surface area contributed by atoms with E-state index < -0.39 is 11.9 Å². The highest BCUT2D eigenvalue weighted by Crippen LogP contribution is 2.39. The normalized spacial score (nSPS) is 19.0. The third kappa shape index (κ3) is 3.45. The zero-order valence-corrected chi connectivity index (χ0v) is 11.0. The van der Waals surface area contributed by atoms with Crippen LogP contribution in [0.5, 0.6) is 0 Å². The average molecular weight is 241 g/mol. The van der Waals surface area contributed by atoms with Gasteiger partial charge in [-0.3, -0.25) is 9.59 Å². The number of carboxylic acid groups (broad SMARTS) is 1. The number of carbonyl (C=O) groups is 2. The molecule has 1 fully saturated rings. The highest BCUT2D eigenvalue weighted by Gasteiger charge is 2.38. The largest absolute Gasteiger partial charge is 0.481 e. The second kappa shape index (κ2) is 5.52. The van der Waals surface area contributed by atoms with Crippen LogP contribution in [0.1, 0.15) is 46.5 Å². The van der Waals surface area contributed by atoms with Gasteiger partial charge in [0, 0.05) is 12.0 Å². The number of hydrogen-bond acceptors (Lipinski definition) is 2. The van der Waals surface area contributed by atoms with Crippen LogP contribution in [-0.2, 0) is 9.59 Å². The molecule has 4 heteroatoms. The van der Waals surface area contributed by atoms with Crippen molar-refractivity contribution in [3.63, 3.8) is 0 Å². The Kier molecular flexibility index (Phi) is 4.54. The first-order valence-corrected chi connectivity index (χ1v) is 6.36. The number of carbonyl (C=O) groups excluding carboxylic acids is 1. The third-order valence-electron chi connectivity index (χ3n) is 3.95. The van der Waals surface area contributed by atoms with Gasteiger partial charge in [-0.1, -0.05) is 33.6 Å². The van der Waals surface area contributed by atoms with Crippen LogP contribution in [0.15, 0.2) is 0 Å². The number of rotatable bonds is 5. The van der Waals surface area contributed by atoms with Gasteiger partial charge in [-0.05, 0) is 18.8 Å². The fourth-order valence-corrected chi connectivity index (χ4v) is 2.39. The first-order chi connectivity index (χ1) is 7.85. The van der Waals surface area contributed by atoms with Crippen molar-refractivity contribution in [2.24, 2.45) is 17.3 Å². The maximum Gasteiger partial charge on any atom is 0.308 e. The molecule has 1 unspecified atom stereocenters. The van der Waals surface area contributed by atoms with Gasteiger partial charge in [-0.2, -0.15) is 0 Å². The van der Waals surface area contributed by atoms with Crippen LogP contribution in [-0.4, -0.2) is 23.5 Å². The van der Waals surface area contributed by atoms with Crippen molar-refractivity contribution in [3.05, 3.63) is 0 Å². The molecule has 2 N–H and O–H groups in total. The molecule has 1 rings (SSSR count). The van der Waals surface area contributed by atoms with Crippen molar-refractivity contribution in [3.8, 4) is 0 Å². The second-order valence-corrected chi connectivity index (χ2v) is 5.65. The topological polar surface area (TPSA) is 66.4 Å². The molecule has 0 bridgehead atoms. The standard InChI is InChI=1S/C13H23NO3/c1-9(11(15)16)8-14-12(17)13(2,3)10-6-4-5-7-10/h9-10H,4-8H2,1-3H3,(H,14,17)(H,15,16). The molecule has 1 amide bonds. The molecule has 0 saturated heterocycles. The van der Waals surface area contributed by atoms with Crippen LogP contribution in [0.4, 0.5) is 0 Å². The van der Waals surface area contributed by atoms with E-state index in [2.05, 4.69) is 5.32 Å². The minimum Gasteiger partial charge on any atom is -0.481 e. The summed E-state index contributed by atoms with van der Waals surface area (Å²) < 4.78 is 0. The number of nitrogens with one attached hydrogen (secondary N) is 1. The van der Waals surface area contributed by atoms with E-state index in [1.807, 2.05) is 13.8 Å². The van der Waals surface area contributed by atoms with Gasteiger partial charge >= 0.3 is 5.97 Å². The molecule has 1 aliphatic rings. The summed E-state index contributed by atoms with van der Waals surface area (Å²) in [6.07, 6.45) is 4.61. The molecule has 0 aliphatic heterocycles. The molecule has 0 heterocycles. The van der Waals surface area contributed by atoms with Crippen molar-refractivity contribution < 1.29 is 14.7 Å². The highest BCUT2D eigenvalue weighted by molar-refractivity contribution is 5.82. The fourth-order valence-electron chi connectivity index (χ4n) is 2.39. The van der Waals surface area contributed by atoms with Crippen molar-refractivity contribution in [2.75, 3.05) is 6.54 Å². The lowest BCUT2D eigenvalue weighted by Gasteiger charge is -2.30. The number of hydrogen-bond donors (Lipinski definition) is 2. The number of carboxylic acids is 1. The highest BCUT2D eigenvalue weighted by atomic mass is 16.4. The van der Waals surface area contributed by atoms with Gasteiger partial charge in [0.25, 0.3) is 0 Å². The first kappa shape index (κ1) is 14.0. The Morgan fingerprint density at radius 3 is 2.35 bits per heavy atom. The molecule has 0 spiro atoms. The van der Waals surface area contributed by atoms with Crippen LogP contribution in [0.25, 0.3) is 0 Å². The molecule has 4 nitrogen and oxygen atoms in total. The predicted molar refractivity (Wildman–Crippen MR) is 65.5 cm³/mol. The van der Waals surface area contributed by atoms with Crippen LogP contribution in [0.3, 0.4) is 0 Å². The minimum absolute atomic E-state index is 0.0162. The number of amides is 1. The molecule has 0 radical (unpaired) electrons. The van der Waals surface area contributed by atoms with Gasteiger partial charge in [0.05, 0.1) is 5.92 Å². The molecule has 0 aromatic carbocycles. The molecule has 1 saturated carbocycles. The minimum atomic E-state index is -0.871. The molecular weight excluding hydrogens is 218 g/mol. The Morgan fingerprint density at radius 2 is 1.88 bits per heavy atom. The summed E-state index contributed by atoms with van der Waals surface area (Å²) in [4.78, 5) is 22.7. The average Bonchev–Trinajstić information content (AvgIpc) is 2.78. The van der Waals surface area contributed by atoms with Crippen LogP contribution >= 0.6 is 0 Å². The van der Waals surface area contributed by atoms with Crippen molar-refractivity contribution in [2.45, 2.75) is 46.5 Å². The predicted octanol–water partition coefficient (Wildman–Crippen LogP) is 2.04. The molecular formula is C13H23NO3. The van der Waals surface area contributed by atoms with Crippen molar-refractivity contribution in [1.82, 2.24) is 5.32 Å². The molecule has 17 heavy (non-hydrogen) atoms. The van der Waals surface area contributed by atoms with Gasteiger partial charge in [-0.15, -0.1) is 0 Å². The van der Waals surface area contributed by atoms with Crippen LogP contribution < -0.4 is 5.32 Å². The zero-order chi connectivity index (χ0) is 13.1. The molecule has 0 aromatic heterocycles. The monoisotopic (exact) mass is 241 g/mol. The van der Waals surface area contributed by atoms with E-state index in [1.165, 1.54) is 12.8 Å². The van der Waals surface area contributed by atoms with E-state index in [9.17, 15) is 9.59 Å². The van der Waals surface area contributed by atoms with Crippen molar-refractivity contribution >= 4 is 11.9 Å². The van der Waals surface area contributed by atoms with Crippen LogP contribution in [0, 0.1) is 17.3 Å². The summed E-state index contributed by atoms with van der Waals surface area (Å²) in [6.45, 7) is 5.74. The summed E-state index contributed by atoms with van der Waals surface area (Å²) in [5.74, 6) is -0.984. The summed E-state index contributed by atoms with van der Waals surface area (Å²) in [5, 5.41) is 11.5. The van der Waals surface area contributed by atoms with Gasteiger partial charge in [0.1, 0.15) is 0 Å². The van der Waals surface area contributed by atoms with E-state index in [4.69, 9.17) is 5.11 Å². The van der Waals surface area contributed by atoms with E-state index in [0.717, 1.165) is 12.8 Å². The lowest BCUT2D eigenvalue weighted by atomic mass is 9.77.